The van der Waals surface area contributed by atoms with Crippen LogP contribution in [0.1, 0.15) is 29.9 Å². The van der Waals surface area contributed by atoms with Crippen LogP contribution in [0.2, 0.25) is 0 Å². The van der Waals surface area contributed by atoms with Crippen LogP contribution in [0.4, 0.5) is 0 Å². The molecule has 0 unspecified atom stereocenters. The first-order chi connectivity index (χ1) is 9.52. The summed E-state index contributed by atoms with van der Waals surface area (Å²) in [6.45, 7) is 5.74. The Kier molecular flexibility index (Phi) is 4.35. The Hall–Kier alpha value is -1.94. The lowest BCUT2D eigenvalue weighted by atomic mass is 10.0. The van der Waals surface area contributed by atoms with E-state index in [2.05, 4.69) is 10.3 Å². The molecule has 1 amide bonds. The van der Waals surface area contributed by atoms with Crippen molar-refractivity contribution < 1.29 is 9.90 Å². The van der Waals surface area contributed by atoms with Gasteiger partial charge < -0.3 is 10.4 Å². The van der Waals surface area contributed by atoms with Gasteiger partial charge in [-0.25, -0.2) is 0 Å². The van der Waals surface area contributed by atoms with E-state index < -0.39 is 0 Å². The predicted octanol–water partition coefficient (Wildman–Crippen LogP) is 2.29. The molecule has 0 aliphatic carbocycles. The lowest BCUT2D eigenvalue weighted by Crippen LogP contribution is -2.41. The number of para-hydroxylation sites is 1. The lowest BCUT2D eigenvalue weighted by Gasteiger charge is -2.20. The number of amides is 1. The molecule has 2 N–H and O–H groups in total. The number of aliphatic hydroxyl groups is 1. The highest BCUT2D eigenvalue weighted by atomic mass is 16.3. The molecule has 1 heterocycles. The molecule has 4 heteroatoms. The zero-order chi connectivity index (χ0) is 14.7. The van der Waals surface area contributed by atoms with Gasteiger partial charge in [0, 0.05) is 11.1 Å². The third kappa shape index (κ3) is 2.96. The molecule has 0 saturated carbocycles. The highest BCUT2D eigenvalue weighted by molar-refractivity contribution is 6.06. The van der Waals surface area contributed by atoms with Gasteiger partial charge in [0.1, 0.15) is 0 Å². The maximum Gasteiger partial charge on any atom is 0.252 e. The molecule has 20 heavy (non-hydrogen) atoms. The van der Waals surface area contributed by atoms with Gasteiger partial charge >= 0.3 is 0 Å². The maximum atomic E-state index is 12.4. The number of fused-ring (bicyclic) bond motifs is 1. The van der Waals surface area contributed by atoms with Crippen molar-refractivity contribution in [2.24, 2.45) is 5.92 Å². The third-order valence-electron chi connectivity index (χ3n) is 3.41. The summed E-state index contributed by atoms with van der Waals surface area (Å²) in [5, 5.41) is 13.0. The fourth-order valence-electron chi connectivity index (χ4n) is 2.16. The minimum absolute atomic E-state index is 0.0641. The number of nitrogens with zero attached hydrogens (tertiary/aromatic N) is 1. The number of aromatic nitrogens is 1. The Labute approximate surface area is 118 Å². The van der Waals surface area contributed by atoms with Crippen LogP contribution in [0.5, 0.6) is 0 Å². The second-order valence-electron chi connectivity index (χ2n) is 5.33. The van der Waals surface area contributed by atoms with E-state index in [1.54, 1.807) is 6.07 Å². The Morgan fingerprint density at radius 1 is 1.35 bits per heavy atom. The van der Waals surface area contributed by atoms with Crippen molar-refractivity contribution in [1.29, 1.82) is 0 Å². The number of benzene rings is 1. The third-order valence-corrected chi connectivity index (χ3v) is 3.41. The summed E-state index contributed by atoms with van der Waals surface area (Å²) >= 11 is 0. The molecule has 1 aromatic heterocycles. The van der Waals surface area contributed by atoms with Crippen molar-refractivity contribution >= 4 is 16.8 Å². The van der Waals surface area contributed by atoms with E-state index in [0.29, 0.717) is 5.56 Å². The summed E-state index contributed by atoms with van der Waals surface area (Å²) in [5.41, 5.74) is 2.22. The summed E-state index contributed by atoms with van der Waals surface area (Å²) in [6, 6.07) is 9.12. The molecule has 2 aromatic rings. The molecule has 0 spiro atoms. The normalized spacial score (nSPS) is 12.7. The van der Waals surface area contributed by atoms with Crippen LogP contribution in [0.15, 0.2) is 30.3 Å². The summed E-state index contributed by atoms with van der Waals surface area (Å²) < 4.78 is 0. The van der Waals surface area contributed by atoms with Crippen LogP contribution in [-0.4, -0.2) is 28.6 Å². The van der Waals surface area contributed by atoms with Crippen molar-refractivity contribution in [3.63, 3.8) is 0 Å². The molecule has 2 rings (SSSR count). The molecule has 0 fully saturated rings. The number of aliphatic hydroxyl groups excluding tert-OH is 1. The molecule has 4 nitrogen and oxygen atoms in total. The molecular weight excluding hydrogens is 252 g/mol. The van der Waals surface area contributed by atoms with Crippen molar-refractivity contribution in [2.45, 2.75) is 26.8 Å². The van der Waals surface area contributed by atoms with Crippen molar-refractivity contribution in [3.8, 4) is 0 Å². The number of carbonyl (C=O) groups excluding carboxylic acids is 1. The molecule has 0 saturated heterocycles. The molecule has 1 aromatic carbocycles. The first kappa shape index (κ1) is 14.5. The number of aryl methyl sites for hydroxylation is 1. The summed E-state index contributed by atoms with van der Waals surface area (Å²) in [6.07, 6.45) is 0. The number of nitrogens with one attached hydrogen (secondary N) is 1. The summed E-state index contributed by atoms with van der Waals surface area (Å²) in [4.78, 5) is 16.9. The van der Waals surface area contributed by atoms with Gasteiger partial charge in [0.2, 0.25) is 0 Å². The maximum absolute atomic E-state index is 12.4. The van der Waals surface area contributed by atoms with Gasteiger partial charge in [-0.05, 0) is 25.0 Å². The first-order valence-electron chi connectivity index (χ1n) is 6.81. The Bertz CT molecular complexity index is 623. The molecule has 0 aliphatic heterocycles. The summed E-state index contributed by atoms with van der Waals surface area (Å²) in [7, 11) is 0. The van der Waals surface area contributed by atoms with E-state index in [0.717, 1.165) is 16.6 Å². The average Bonchev–Trinajstić information content (AvgIpc) is 2.43. The van der Waals surface area contributed by atoms with Crippen LogP contribution in [0.25, 0.3) is 10.9 Å². The number of carbonyl (C=O) groups is 1. The predicted molar refractivity (Wildman–Crippen MR) is 79.7 cm³/mol. The first-order valence-corrected chi connectivity index (χ1v) is 6.81. The number of rotatable bonds is 4. The van der Waals surface area contributed by atoms with E-state index in [9.17, 15) is 9.90 Å². The van der Waals surface area contributed by atoms with E-state index in [1.165, 1.54) is 0 Å². The minimum Gasteiger partial charge on any atom is -0.394 e. The van der Waals surface area contributed by atoms with Gasteiger partial charge in [-0.3, -0.25) is 9.78 Å². The second-order valence-corrected chi connectivity index (χ2v) is 5.33. The van der Waals surface area contributed by atoms with Crippen LogP contribution >= 0.6 is 0 Å². The molecule has 0 radical (unpaired) electrons. The van der Waals surface area contributed by atoms with E-state index in [-0.39, 0.29) is 24.5 Å². The van der Waals surface area contributed by atoms with Crippen molar-refractivity contribution in [2.75, 3.05) is 6.61 Å². The summed E-state index contributed by atoms with van der Waals surface area (Å²) in [5.74, 6) is 0.0117. The molecule has 1 atom stereocenters. The van der Waals surface area contributed by atoms with Gasteiger partial charge in [0.25, 0.3) is 5.91 Å². The van der Waals surface area contributed by atoms with Gasteiger partial charge in [0.15, 0.2) is 0 Å². The van der Waals surface area contributed by atoms with Gasteiger partial charge in [-0.15, -0.1) is 0 Å². The van der Waals surface area contributed by atoms with E-state index in [4.69, 9.17) is 0 Å². The Balaban J connectivity index is 2.39. The van der Waals surface area contributed by atoms with Gasteiger partial charge in [-0.2, -0.15) is 0 Å². The van der Waals surface area contributed by atoms with Crippen LogP contribution in [0, 0.1) is 12.8 Å². The molecule has 0 bridgehead atoms. The van der Waals surface area contributed by atoms with Crippen LogP contribution < -0.4 is 5.32 Å². The quantitative estimate of drug-likeness (QED) is 0.897. The monoisotopic (exact) mass is 272 g/mol. The number of hydrogen-bond acceptors (Lipinski definition) is 3. The zero-order valence-corrected chi connectivity index (χ0v) is 12.1. The Morgan fingerprint density at radius 3 is 2.70 bits per heavy atom. The van der Waals surface area contributed by atoms with E-state index >= 15 is 0 Å². The topological polar surface area (TPSA) is 62.2 Å². The van der Waals surface area contributed by atoms with Crippen LogP contribution in [-0.2, 0) is 0 Å². The fourth-order valence-corrected chi connectivity index (χ4v) is 2.16. The number of hydrogen-bond donors (Lipinski definition) is 2. The highest BCUT2D eigenvalue weighted by Gasteiger charge is 2.18. The van der Waals surface area contributed by atoms with Gasteiger partial charge in [-0.1, -0.05) is 32.0 Å². The largest absolute Gasteiger partial charge is 0.394 e. The van der Waals surface area contributed by atoms with Gasteiger partial charge in [0.05, 0.1) is 23.7 Å². The SMILES string of the molecule is Cc1cc(C(=O)N[C@H](CO)C(C)C)c2ccccc2n1. The van der Waals surface area contributed by atoms with Crippen LogP contribution in [0.3, 0.4) is 0 Å². The van der Waals surface area contributed by atoms with Crippen molar-refractivity contribution in [1.82, 2.24) is 10.3 Å². The second kappa shape index (κ2) is 6.01. The molecular formula is C16H20N2O2. The average molecular weight is 272 g/mol. The van der Waals surface area contributed by atoms with E-state index in [1.807, 2.05) is 45.0 Å². The lowest BCUT2D eigenvalue weighted by molar-refractivity contribution is 0.0898. The molecule has 0 aliphatic rings. The minimum atomic E-state index is -0.241. The number of pyridine rings is 1. The zero-order valence-electron chi connectivity index (χ0n) is 12.1. The fraction of sp³-hybridized carbons (Fsp3) is 0.375. The van der Waals surface area contributed by atoms with Crippen molar-refractivity contribution in [3.05, 3.63) is 41.6 Å². The molecule has 106 valence electrons. The smallest absolute Gasteiger partial charge is 0.252 e. The highest BCUT2D eigenvalue weighted by Crippen LogP contribution is 2.18. The Morgan fingerprint density at radius 2 is 2.05 bits per heavy atom. The standard InChI is InChI=1S/C16H20N2O2/c1-10(2)15(9-19)18-16(20)13-8-11(3)17-14-7-5-4-6-12(13)14/h4-8,10,15,19H,9H2,1-3H3,(H,18,20)/t15-/m1/s1.